The third kappa shape index (κ3) is 3.58. The summed E-state index contributed by atoms with van der Waals surface area (Å²) in [5, 5.41) is 0. The van der Waals surface area contributed by atoms with Gasteiger partial charge in [0.1, 0.15) is 11.7 Å². The first-order valence-corrected chi connectivity index (χ1v) is 8.19. The van der Waals surface area contributed by atoms with E-state index in [0.717, 1.165) is 11.1 Å². The molecule has 0 saturated heterocycles. The molecule has 24 heavy (non-hydrogen) atoms. The third-order valence-corrected chi connectivity index (χ3v) is 4.13. The Hall–Kier alpha value is -2.37. The molecule has 0 spiro atoms. The lowest BCUT2D eigenvalue weighted by Crippen LogP contribution is -2.47. The monoisotopic (exact) mass is 333 g/mol. The molecule has 6 nitrogen and oxygen atoms in total. The average Bonchev–Trinajstić information content (AvgIpc) is 2.55. The first-order chi connectivity index (χ1) is 11.5. The van der Waals surface area contributed by atoms with Crippen LogP contribution in [-0.4, -0.2) is 42.5 Å². The van der Waals surface area contributed by atoms with Gasteiger partial charge in [0.2, 0.25) is 0 Å². The van der Waals surface area contributed by atoms with Crippen molar-refractivity contribution in [1.29, 1.82) is 0 Å². The van der Waals surface area contributed by atoms with Crippen molar-refractivity contribution < 1.29 is 23.9 Å². The van der Waals surface area contributed by atoms with Crippen molar-refractivity contribution in [2.45, 2.75) is 33.2 Å². The van der Waals surface area contributed by atoms with Gasteiger partial charge in [0.25, 0.3) is 0 Å². The number of ketones is 1. The number of esters is 1. The largest absolute Gasteiger partial charge is 0.465 e. The van der Waals surface area contributed by atoms with Gasteiger partial charge in [0, 0.05) is 6.54 Å². The van der Waals surface area contributed by atoms with E-state index in [4.69, 9.17) is 9.47 Å². The Morgan fingerprint density at radius 1 is 1.17 bits per heavy atom. The van der Waals surface area contributed by atoms with Crippen LogP contribution in [0.25, 0.3) is 0 Å². The number of fused-ring (bicyclic) bond motifs is 1. The number of amides is 1. The predicted octanol–water partition coefficient (Wildman–Crippen LogP) is 2.51. The molecule has 130 valence electrons. The van der Waals surface area contributed by atoms with Crippen LogP contribution in [0.4, 0.5) is 4.79 Å². The normalized spacial score (nSPS) is 17.6. The Bertz CT molecular complexity index is 628. The minimum atomic E-state index is -1.06. The van der Waals surface area contributed by atoms with E-state index < -0.39 is 24.0 Å². The zero-order valence-corrected chi connectivity index (χ0v) is 14.3. The molecule has 1 aromatic rings. The minimum absolute atomic E-state index is 0.177. The number of carbonyl (C=O) groups excluding carboxylic acids is 3. The summed E-state index contributed by atoms with van der Waals surface area (Å²) in [5.41, 5.74) is 1.82. The highest BCUT2D eigenvalue weighted by molar-refractivity contribution is 5.99. The van der Waals surface area contributed by atoms with Crippen LogP contribution >= 0.6 is 0 Å². The van der Waals surface area contributed by atoms with Crippen molar-refractivity contribution in [3.8, 4) is 0 Å². The first-order valence-electron chi connectivity index (χ1n) is 8.19. The molecule has 2 atom stereocenters. The van der Waals surface area contributed by atoms with E-state index in [1.807, 2.05) is 24.3 Å². The van der Waals surface area contributed by atoms with E-state index in [1.54, 1.807) is 13.8 Å². The Morgan fingerprint density at radius 2 is 1.83 bits per heavy atom. The molecule has 0 aliphatic carbocycles. The van der Waals surface area contributed by atoms with Crippen LogP contribution in [0.2, 0.25) is 0 Å². The van der Waals surface area contributed by atoms with Gasteiger partial charge in [-0.2, -0.15) is 0 Å². The van der Waals surface area contributed by atoms with Gasteiger partial charge in [-0.1, -0.05) is 24.3 Å². The summed E-state index contributed by atoms with van der Waals surface area (Å²) in [5.74, 6) is -2.00. The average molecular weight is 333 g/mol. The molecule has 2 rings (SSSR count). The maximum absolute atomic E-state index is 12.4. The highest BCUT2D eigenvalue weighted by atomic mass is 16.6. The van der Waals surface area contributed by atoms with E-state index in [9.17, 15) is 14.4 Å². The molecular weight excluding hydrogens is 310 g/mol. The number of benzene rings is 1. The highest BCUT2D eigenvalue weighted by Gasteiger charge is 2.43. The van der Waals surface area contributed by atoms with Crippen LogP contribution < -0.4 is 0 Å². The quantitative estimate of drug-likeness (QED) is 0.611. The zero-order valence-electron chi connectivity index (χ0n) is 14.3. The molecule has 0 aromatic heterocycles. The van der Waals surface area contributed by atoms with Crippen LogP contribution in [0.1, 0.15) is 37.9 Å². The second-order valence-electron chi connectivity index (χ2n) is 5.63. The number of ether oxygens (including phenoxy) is 2. The number of rotatable bonds is 5. The second kappa shape index (κ2) is 7.95. The number of hydrogen-bond acceptors (Lipinski definition) is 5. The molecule has 2 unspecified atom stereocenters. The van der Waals surface area contributed by atoms with Crippen molar-refractivity contribution in [3.63, 3.8) is 0 Å². The number of hydrogen-bond donors (Lipinski definition) is 0. The molecule has 1 heterocycles. The van der Waals surface area contributed by atoms with Crippen LogP contribution in [0, 0.1) is 5.92 Å². The predicted molar refractivity (Wildman–Crippen MR) is 87.4 cm³/mol. The molecule has 1 aliphatic heterocycles. The lowest BCUT2D eigenvalue weighted by Gasteiger charge is -2.39. The molecule has 0 fully saturated rings. The molecular formula is C18H23NO5. The van der Waals surface area contributed by atoms with Crippen molar-refractivity contribution in [2.24, 2.45) is 5.92 Å². The first kappa shape index (κ1) is 18.0. The molecule has 1 aliphatic rings. The molecule has 1 amide bonds. The standard InChI is InChI=1S/C18H23NO5/c1-4-23-17(21)15(12(3)20)16-14-9-7-6-8-13(14)10-11-19(16)18(22)24-5-2/h6-9,15-16H,4-5,10-11H2,1-3H3. The van der Waals surface area contributed by atoms with Gasteiger partial charge < -0.3 is 9.47 Å². The van der Waals surface area contributed by atoms with E-state index in [0.29, 0.717) is 13.0 Å². The summed E-state index contributed by atoms with van der Waals surface area (Å²) in [6.45, 7) is 5.56. The summed E-state index contributed by atoms with van der Waals surface area (Å²) in [4.78, 5) is 38.4. The molecule has 0 saturated carbocycles. The fraction of sp³-hybridized carbons (Fsp3) is 0.500. The third-order valence-electron chi connectivity index (χ3n) is 4.13. The summed E-state index contributed by atoms with van der Waals surface area (Å²) in [6, 6.07) is 6.84. The molecule has 0 N–H and O–H groups in total. The van der Waals surface area contributed by atoms with Gasteiger partial charge in [-0.05, 0) is 38.3 Å². The minimum Gasteiger partial charge on any atom is -0.465 e. The lowest BCUT2D eigenvalue weighted by atomic mass is 9.83. The van der Waals surface area contributed by atoms with Gasteiger partial charge in [-0.3, -0.25) is 14.5 Å². The van der Waals surface area contributed by atoms with E-state index in [2.05, 4.69) is 0 Å². The van der Waals surface area contributed by atoms with Gasteiger partial charge in [-0.25, -0.2) is 4.79 Å². The maximum atomic E-state index is 12.4. The smallest absolute Gasteiger partial charge is 0.410 e. The van der Waals surface area contributed by atoms with Gasteiger partial charge >= 0.3 is 12.1 Å². The summed E-state index contributed by atoms with van der Waals surface area (Å²) < 4.78 is 10.2. The highest BCUT2D eigenvalue weighted by Crippen LogP contribution is 2.37. The number of Topliss-reactive ketones (excluding diaryl/α,β-unsaturated/α-hetero) is 1. The van der Waals surface area contributed by atoms with Gasteiger partial charge in [0.15, 0.2) is 0 Å². The van der Waals surface area contributed by atoms with Crippen LogP contribution in [0.15, 0.2) is 24.3 Å². The van der Waals surface area contributed by atoms with E-state index >= 15 is 0 Å². The topological polar surface area (TPSA) is 72.9 Å². The zero-order chi connectivity index (χ0) is 17.7. The summed E-state index contributed by atoms with van der Waals surface area (Å²) in [7, 11) is 0. The molecule has 1 aromatic carbocycles. The Balaban J connectivity index is 2.49. The molecule has 6 heteroatoms. The van der Waals surface area contributed by atoms with Gasteiger partial charge in [-0.15, -0.1) is 0 Å². The molecule has 0 radical (unpaired) electrons. The SMILES string of the molecule is CCOC(=O)C(C(C)=O)C1c2ccccc2CCN1C(=O)OCC. The Labute approximate surface area is 141 Å². The van der Waals surface area contributed by atoms with Crippen molar-refractivity contribution in [3.05, 3.63) is 35.4 Å². The lowest BCUT2D eigenvalue weighted by molar-refractivity contribution is -0.154. The summed E-state index contributed by atoms with van der Waals surface area (Å²) in [6.07, 6.45) is 0.131. The Kier molecular flexibility index (Phi) is 5.95. The van der Waals surface area contributed by atoms with E-state index in [-0.39, 0.29) is 19.0 Å². The second-order valence-corrected chi connectivity index (χ2v) is 5.63. The van der Waals surface area contributed by atoms with Crippen LogP contribution in [0.5, 0.6) is 0 Å². The maximum Gasteiger partial charge on any atom is 0.410 e. The number of carbonyl (C=O) groups is 3. The number of nitrogens with zero attached hydrogens (tertiary/aromatic N) is 1. The fourth-order valence-electron chi connectivity index (χ4n) is 3.12. The van der Waals surface area contributed by atoms with Crippen molar-refractivity contribution >= 4 is 17.8 Å². The van der Waals surface area contributed by atoms with Crippen LogP contribution in [-0.2, 0) is 25.5 Å². The Morgan fingerprint density at radius 3 is 2.46 bits per heavy atom. The van der Waals surface area contributed by atoms with Gasteiger partial charge in [0.05, 0.1) is 19.3 Å². The summed E-state index contributed by atoms with van der Waals surface area (Å²) >= 11 is 0. The molecule has 0 bridgehead atoms. The van der Waals surface area contributed by atoms with Crippen molar-refractivity contribution in [1.82, 2.24) is 4.90 Å². The van der Waals surface area contributed by atoms with Crippen LogP contribution in [0.3, 0.4) is 0 Å². The van der Waals surface area contributed by atoms with E-state index in [1.165, 1.54) is 11.8 Å². The fourth-order valence-corrected chi connectivity index (χ4v) is 3.12. The van der Waals surface area contributed by atoms with Crippen molar-refractivity contribution in [2.75, 3.05) is 19.8 Å².